The number of carbonyl (C=O) groups excluding carboxylic acids is 2. The molecule has 1 aromatic carbocycles. The van der Waals surface area contributed by atoms with Crippen LogP contribution < -0.4 is 10.6 Å². The summed E-state index contributed by atoms with van der Waals surface area (Å²) in [6.45, 7) is 3.77. The average Bonchev–Trinajstić information content (AvgIpc) is 3.15. The quantitative estimate of drug-likeness (QED) is 0.716. The van der Waals surface area contributed by atoms with Crippen molar-refractivity contribution in [2.24, 2.45) is 23.7 Å². The summed E-state index contributed by atoms with van der Waals surface area (Å²) in [5, 5.41) is 15.0. The number of hydrogen-bond acceptors (Lipinski definition) is 3. The highest BCUT2D eigenvalue weighted by atomic mass is 16.4. The molecule has 0 aliphatic heterocycles. The van der Waals surface area contributed by atoms with Gasteiger partial charge in [0.2, 0.25) is 5.91 Å². The van der Waals surface area contributed by atoms with Crippen molar-refractivity contribution in [2.75, 3.05) is 5.32 Å². The Labute approximate surface area is 146 Å². The van der Waals surface area contributed by atoms with Gasteiger partial charge in [0, 0.05) is 17.3 Å². The van der Waals surface area contributed by atoms with Crippen LogP contribution in [-0.4, -0.2) is 28.9 Å². The number of carboxylic acid groups (broad SMARTS) is 1. The van der Waals surface area contributed by atoms with Crippen LogP contribution in [0.25, 0.3) is 0 Å². The van der Waals surface area contributed by atoms with Crippen LogP contribution in [0, 0.1) is 23.7 Å². The highest BCUT2D eigenvalue weighted by Gasteiger charge is 2.51. The minimum absolute atomic E-state index is 0.0119. The van der Waals surface area contributed by atoms with E-state index in [4.69, 9.17) is 0 Å². The van der Waals surface area contributed by atoms with Crippen LogP contribution in [0.15, 0.2) is 36.4 Å². The number of fused-ring (bicyclic) bond motifs is 2. The van der Waals surface area contributed by atoms with Gasteiger partial charge in [-0.2, -0.15) is 0 Å². The van der Waals surface area contributed by atoms with Crippen LogP contribution >= 0.6 is 0 Å². The van der Waals surface area contributed by atoms with E-state index >= 15 is 0 Å². The van der Waals surface area contributed by atoms with Crippen LogP contribution in [0.2, 0.25) is 0 Å². The van der Waals surface area contributed by atoms with Gasteiger partial charge in [-0.05, 0) is 56.4 Å². The van der Waals surface area contributed by atoms with E-state index in [0.29, 0.717) is 11.3 Å². The fraction of sp³-hybridized carbons (Fsp3) is 0.421. The fourth-order valence-electron chi connectivity index (χ4n) is 3.79. The van der Waals surface area contributed by atoms with Gasteiger partial charge < -0.3 is 15.7 Å². The Bertz CT molecular complexity index is 723. The molecule has 4 atom stereocenters. The van der Waals surface area contributed by atoms with Crippen molar-refractivity contribution < 1.29 is 19.5 Å². The van der Waals surface area contributed by atoms with E-state index < -0.39 is 17.8 Å². The Kier molecular flexibility index (Phi) is 4.61. The SMILES string of the molecule is CC(C)NC(=O)c1ccc(NC(=O)C2C3C=CC(C3)C2C(=O)O)cc1. The first-order chi connectivity index (χ1) is 11.9. The lowest BCUT2D eigenvalue weighted by Crippen LogP contribution is -2.36. The highest BCUT2D eigenvalue weighted by molar-refractivity contribution is 5.98. The van der Waals surface area contributed by atoms with Gasteiger partial charge in [0.1, 0.15) is 0 Å². The number of nitrogens with one attached hydrogen (secondary N) is 2. The van der Waals surface area contributed by atoms with Crippen LogP contribution in [0.5, 0.6) is 0 Å². The van der Waals surface area contributed by atoms with E-state index in [9.17, 15) is 19.5 Å². The first-order valence-corrected chi connectivity index (χ1v) is 8.49. The second-order valence-electron chi connectivity index (χ2n) is 7.03. The van der Waals surface area contributed by atoms with Crippen molar-refractivity contribution in [3.8, 4) is 0 Å². The summed E-state index contributed by atoms with van der Waals surface area (Å²) >= 11 is 0. The first-order valence-electron chi connectivity index (χ1n) is 8.49. The molecule has 2 aliphatic carbocycles. The van der Waals surface area contributed by atoms with E-state index in [1.54, 1.807) is 24.3 Å². The summed E-state index contributed by atoms with van der Waals surface area (Å²) in [4.78, 5) is 36.0. The number of carboxylic acids is 1. The summed E-state index contributed by atoms with van der Waals surface area (Å²) in [5.74, 6) is -2.64. The van der Waals surface area contributed by atoms with Crippen molar-refractivity contribution >= 4 is 23.5 Å². The molecule has 2 amide bonds. The molecule has 2 aliphatic rings. The molecule has 3 rings (SSSR count). The Balaban J connectivity index is 1.68. The lowest BCUT2D eigenvalue weighted by atomic mass is 9.82. The van der Waals surface area contributed by atoms with Crippen molar-refractivity contribution in [1.82, 2.24) is 5.32 Å². The minimum atomic E-state index is -0.919. The summed E-state index contributed by atoms with van der Waals surface area (Å²) in [7, 11) is 0. The van der Waals surface area contributed by atoms with Gasteiger partial charge >= 0.3 is 5.97 Å². The summed E-state index contributed by atoms with van der Waals surface area (Å²) in [6, 6.07) is 6.65. The predicted octanol–water partition coefficient (Wildman–Crippen LogP) is 2.29. The van der Waals surface area contributed by atoms with Crippen molar-refractivity contribution in [3.05, 3.63) is 42.0 Å². The second kappa shape index (κ2) is 6.70. The van der Waals surface area contributed by atoms with E-state index in [1.165, 1.54) is 0 Å². The molecule has 1 aromatic rings. The molecule has 0 spiro atoms. The molecule has 25 heavy (non-hydrogen) atoms. The van der Waals surface area contributed by atoms with E-state index in [2.05, 4.69) is 10.6 Å². The molecule has 2 bridgehead atoms. The molecular weight excluding hydrogens is 320 g/mol. The number of anilines is 1. The Hall–Kier alpha value is -2.63. The normalized spacial score (nSPS) is 26.7. The lowest BCUT2D eigenvalue weighted by molar-refractivity contribution is -0.146. The van der Waals surface area contributed by atoms with Gasteiger partial charge in [-0.15, -0.1) is 0 Å². The van der Waals surface area contributed by atoms with E-state index in [1.807, 2.05) is 26.0 Å². The number of benzene rings is 1. The number of hydrogen-bond donors (Lipinski definition) is 3. The Morgan fingerprint density at radius 1 is 1.04 bits per heavy atom. The van der Waals surface area contributed by atoms with Crippen LogP contribution in [0.4, 0.5) is 5.69 Å². The molecule has 0 saturated heterocycles. The molecule has 3 N–H and O–H groups in total. The van der Waals surface area contributed by atoms with Gasteiger partial charge in [0.15, 0.2) is 0 Å². The second-order valence-corrected chi connectivity index (χ2v) is 7.03. The maximum atomic E-state index is 12.6. The molecule has 4 unspecified atom stereocenters. The zero-order chi connectivity index (χ0) is 18.1. The summed E-state index contributed by atoms with van der Waals surface area (Å²) < 4.78 is 0. The molecule has 6 nitrogen and oxygen atoms in total. The number of allylic oxidation sites excluding steroid dienone is 2. The monoisotopic (exact) mass is 342 g/mol. The van der Waals surface area contributed by atoms with Crippen molar-refractivity contribution in [2.45, 2.75) is 26.3 Å². The largest absolute Gasteiger partial charge is 0.481 e. The molecule has 132 valence electrons. The summed E-state index contributed by atoms with van der Waals surface area (Å²) in [5.41, 5.74) is 1.07. The summed E-state index contributed by atoms with van der Waals surface area (Å²) in [6.07, 6.45) is 4.59. The first kappa shape index (κ1) is 17.2. The Morgan fingerprint density at radius 2 is 1.64 bits per heavy atom. The number of rotatable bonds is 5. The molecule has 1 fully saturated rings. The number of aliphatic carboxylic acids is 1. The average molecular weight is 342 g/mol. The topological polar surface area (TPSA) is 95.5 Å². The van der Waals surface area contributed by atoms with Crippen LogP contribution in [0.1, 0.15) is 30.6 Å². The number of amides is 2. The van der Waals surface area contributed by atoms with Gasteiger partial charge in [0.05, 0.1) is 11.8 Å². The zero-order valence-electron chi connectivity index (χ0n) is 14.2. The van der Waals surface area contributed by atoms with Crippen LogP contribution in [-0.2, 0) is 9.59 Å². The smallest absolute Gasteiger partial charge is 0.307 e. The number of carbonyl (C=O) groups is 3. The molecule has 1 saturated carbocycles. The van der Waals surface area contributed by atoms with Gasteiger partial charge in [0.25, 0.3) is 5.91 Å². The maximum absolute atomic E-state index is 12.6. The van der Waals surface area contributed by atoms with E-state index in [0.717, 1.165) is 6.42 Å². The highest BCUT2D eigenvalue weighted by Crippen LogP contribution is 2.48. The molecule has 0 heterocycles. The third-order valence-electron chi connectivity index (χ3n) is 4.88. The molecule has 0 aromatic heterocycles. The van der Waals surface area contributed by atoms with Crippen molar-refractivity contribution in [1.29, 1.82) is 0 Å². The van der Waals surface area contributed by atoms with Gasteiger partial charge in [-0.3, -0.25) is 14.4 Å². The third kappa shape index (κ3) is 3.43. The third-order valence-corrected chi connectivity index (χ3v) is 4.88. The van der Waals surface area contributed by atoms with Gasteiger partial charge in [-0.25, -0.2) is 0 Å². The Morgan fingerprint density at radius 3 is 2.20 bits per heavy atom. The van der Waals surface area contributed by atoms with Crippen molar-refractivity contribution in [3.63, 3.8) is 0 Å². The minimum Gasteiger partial charge on any atom is -0.481 e. The maximum Gasteiger partial charge on any atom is 0.307 e. The molecule has 6 heteroatoms. The van der Waals surface area contributed by atoms with Gasteiger partial charge in [-0.1, -0.05) is 12.2 Å². The fourth-order valence-corrected chi connectivity index (χ4v) is 3.79. The van der Waals surface area contributed by atoms with E-state index in [-0.39, 0.29) is 29.7 Å². The van der Waals surface area contributed by atoms with Crippen LogP contribution in [0.3, 0.4) is 0 Å². The predicted molar refractivity (Wildman–Crippen MR) is 93.0 cm³/mol. The molecule has 0 radical (unpaired) electrons. The lowest BCUT2D eigenvalue weighted by Gasteiger charge is -2.23. The molecular formula is C19H22N2O4. The standard InChI is InChI=1S/C19H22N2O4/c1-10(2)20-17(22)11-5-7-14(8-6-11)21-18(23)15-12-3-4-13(9-12)16(15)19(24)25/h3-8,10,12-13,15-16H,9H2,1-2H3,(H,20,22)(H,21,23)(H,24,25). The zero-order valence-corrected chi connectivity index (χ0v) is 14.2.